The van der Waals surface area contributed by atoms with E-state index in [1.54, 1.807) is 0 Å². The summed E-state index contributed by atoms with van der Waals surface area (Å²) in [5.74, 6) is -0.681. The number of likely N-dealkylation sites (N-methyl/N-ethyl adjacent to an activating group) is 1. The van der Waals surface area contributed by atoms with Crippen LogP contribution < -0.4 is 0 Å². The number of carboxylic acids is 1. The van der Waals surface area contributed by atoms with Gasteiger partial charge in [-0.1, -0.05) is 6.92 Å². The minimum atomic E-state index is -0.815. The fourth-order valence-corrected chi connectivity index (χ4v) is 2.22. The maximum absolute atomic E-state index is 12.1. The average Bonchev–Trinajstić information content (AvgIpc) is 2.81. The summed E-state index contributed by atoms with van der Waals surface area (Å²) in [7, 11) is 0. The highest BCUT2D eigenvalue weighted by Crippen LogP contribution is 2.12. The summed E-state index contributed by atoms with van der Waals surface area (Å²) in [6.07, 6.45) is 2.25. The number of carboxylic acid groups (broad SMARTS) is 1. The van der Waals surface area contributed by atoms with Crippen molar-refractivity contribution in [3.05, 3.63) is 0 Å². The van der Waals surface area contributed by atoms with E-state index in [0.717, 1.165) is 25.9 Å². The van der Waals surface area contributed by atoms with E-state index in [9.17, 15) is 9.59 Å². The van der Waals surface area contributed by atoms with E-state index >= 15 is 0 Å². The highest BCUT2D eigenvalue weighted by atomic mass is 16.4. The van der Waals surface area contributed by atoms with Crippen LogP contribution in [0.15, 0.2) is 0 Å². The van der Waals surface area contributed by atoms with Gasteiger partial charge in [-0.2, -0.15) is 0 Å². The molecule has 1 N–H and O–H groups in total. The first-order chi connectivity index (χ1) is 8.06. The smallest absolute Gasteiger partial charge is 0.304 e. The third-order valence-electron chi connectivity index (χ3n) is 3.34. The molecule has 0 spiro atoms. The zero-order valence-corrected chi connectivity index (χ0v) is 10.7. The molecule has 1 atom stereocenters. The van der Waals surface area contributed by atoms with Gasteiger partial charge < -0.3 is 10.0 Å². The summed E-state index contributed by atoms with van der Waals surface area (Å²) in [6, 6.07) is -0.211. The van der Waals surface area contributed by atoms with Gasteiger partial charge in [0.05, 0.1) is 12.5 Å². The van der Waals surface area contributed by atoms with Crippen LogP contribution in [0.3, 0.4) is 0 Å². The number of aliphatic carboxylic acids is 1. The first-order valence-electron chi connectivity index (χ1n) is 6.31. The van der Waals surface area contributed by atoms with Gasteiger partial charge in [0, 0.05) is 19.6 Å². The lowest BCUT2D eigenvalue weighted by atomic mass is 10.2. The molecule has 1 unspecified atom stereocenters. The molecule has 1 amide bonds. The molecule has 0 aromatic rings. The lowest BCUT2D eigenvalue weighted by Crippen LogP contribution is -2.46. The Hall–Kier alpha value is -1.10. The Morgan fingerprint density at radius 3 is 2.41 bits per heavy atom. The van der Waals surface area contributed by atoms with Gasteiger partial charge in [-0.15, -0.1) is 0 Å². The number of hydrogen-bond donors (Lipinski definition) is 1. The lowest BCUT2D eigenvalue weighted by molar-refractivity contribution is -0.139. The maximum atomic E-state index is 12.1. The zero-order chi connectivity index (χ0) is 12.8. The number of rotatable bonds is 6. The first kappa shape index (κ1) is 14.0. The normalized spacial score (nSPS) is 17.5. The molecule has 1 heterocycles. The Bertz CT molecular complexity index is 275. The van der Waals surface area contributed by atoms with E-state index in [2.05, 4.69) is 0 Å². The number of likely N-dealkylation sites (tertiary alicyclic amines) is 1. The Labute approximate surface area is 102 Å². The predicted molar refractivity (Wildman–Crippen MR) is 64.8 cm³/mol. The van der Waals surface area contributed by atoms with Gasteiger partial charge >= 0.3 is 5.97 Å². The van der Waals surface area contributed by atoms with E-state index in [1.165, 1.54) is 0 Å². The third kappa shape index (κ3) is 4.00. The van der Waals surface area contributed by atoms with E-state index in [4.69, 9.17) is 5.11 Å². The Kier molecular flexibility index (Phi) is 5.41. The molecule has 0 bridgehead atoms. The lowest BCUT2D eigenvalue weighted by Gasteiger charge is -2.29. The predicted octanol–water partition coefficient (Wildman–Crippen LogP) is 0.794. The highest BCUT2D eigenvalue weighted by molar-refractivity contribution is 5.81. The topological polar surface area (TPSA) is 60.9 Å². The third-order valence-corrected chi connectivity index (χ3v) is 3.34. The molecule has 1 saturated heterocycles. The van der Waals surface area contributed by atoms with E-state index < -0.39 is 5.97 Å². The minimum absolute atomic E-state index is 0.0888. The molecule has 0 radical (unpaired) electrons. The molecule has 1 fully saturated rings. The molecular formula is C12H22N2O3. The van der Waals surface area contributed by atoms with Gasteiger partial charge in [0.25, 0.3) is 0 Å². The van der Waals surface area contributed by atoms with Gasteiger partial charge in [-0.05, 0) is 26.3 Å². The van der Waals surface area contributed by atoms with E-state index in [-0.39, 0.29) is 18.4 Å². The summed E-state index contributed by atoms with van der Waals surface area (Å²) >= 11 is 0. The second-order valence-corrected chi connectivity index (χ2v) is 4.48. The number of hydrogen-bond acceptors (Lipinski definition) is 3. The molecule has 98 valence electrons. The van der Waals surface area contributed by atoms with Crippen LogP contribution >= 0.6 is 0 Å². The average molecular weight is 242 g/mol. The van der Waals surface area contributed by atoms with Gasteiger partial charge in [-0.25, -0.2) is 0 Å². The summed E-state index contributed by atoms with van der Waals surface area (Å²) in [5.41, 5.74) is 0. The van der Waals surface area contributed by atoms with Crippen LogP contribution in [-0.2, 0) is 9.59 Å². The quantitative estimate of drug-likeness (QED) is 0.748. The van der Waals surface area contributed by atoms with Gasteiger partial charge in [0.2, 0.25) is 5.91 Å². The number of nitrogens with zero attached hydrogens (tertiary/aromatic N) is 2. The SMILES string of the molecule is CCN(CCC(=O)O)C(C)C(=O)N1CCCC1. The number of carbonyl (C=O) groups is 2. The second-order valence-electron chi connectivity index (χ2n) is 4.48. The van der Waals surface area contributed by atoms with E-state index in [0.29, 0.717) is 13.1 Å². The largest absolute Gasteiger partial charge is 0.481 e. The van der Waals surface area contributed by atoms with Crippen LogP contribution in [0.1, 0.15) is 33.1 Å². The van der Waals surface area contributed by atoms with E-state index in [1.807, 2.05) is 23.6 Å². The molecule has 1 aliphatic heterocycles. The monoisotopic (exact) mass is 242 g/mol. The van der Waals surface area contributed by atoms with Crippen molar-refractivity contribution in [3.8, 4) is 0 Å². The highest BCUT2D eigenvalue weighted by Gasteiger charge is 2.26. The van der Waals surface area contributed by atoms with Crippen molar-refractivity contribution in [1.82, 2.24) is 9.80 Å². The molecule has 0 saturated carbocycles. The van der Waals surface area contributed by atoms with Crippen LogP contribution in [0, 0.1) is 0 Å². The van der Waals surface area contributed by atoms with Gasteiger partial charge in [0.15, 0.2) is 0 Å². The van der Waals surface area contributed by atoms with Crippen molar-refractivity contribution in [2.45, 2.75) is 39.2 Å². The molecule has 5 heteroatoms. The Balaban J connectivity index is 2.48. The van der Waals surface area contributed by atoms with Crippen molar-refractivity contribution >= 4 is 11.9 Å². The maximum Gasteiger partial charge on any atom is 0.304 e. The van der Waals surface area contributed by atoms with Crippen LogP contribution in [0.4, 0.5) is 0 Å². The minimum Gasteiger partial charge on any atom is -0.481 e. The molecule has 0 aromatic carbocycles. The van der Waals surface area contributed by atoms with Gasteiger partial charge in [0.1, 0.15) is 0 Å². The fourth-order valence-electron chi connectivity index (χ4n) is 2.22. The van der Waals surface area contributed by atoms with Crippen LogP contribution in [0.2, 0.25) is 0 Å². The second kappa shape index (κ2) is 6.59. The first-order valence-corrected chi connectivity index (χ1v) is 6.31. The molecule has 0 aliphatic carbocycles. The number of carbonyl (C=O) groups excluding carboxylic acids is 1. The summed E-state index contributed by atoms with van der Waals surface area (Å²) in [6.45, 7) is 6.65. The van der Waals surface area contributed by atoms with Crippen molar-refractivity contribution in [3.63, 3.8) is 0 Å². The van der Waals surface area contributed by atoms with Crippen molar-refractivity contribution in [2.75, 3.05) is 26.2 Å². The van der Waals surface area contributed by atoms with Gasteiger partial charge in [-0.3, -0.25) is 14.5 Å². The molecule has 5 nitrogen and oxygen atoms in total. The molecule has 0 aromatic heterocycles. The zero-order valence-electron chi connectivity index (χ0n) is 10.7. The van der Waals surface area contributed by atoms with Crippen molar-refractivity contribution < 1.29 is 14.7 Å². The fraction of sp³-hybridized carbons (Fsp3) is 0.833. The summed E-state index contributed by atoms with van der Waals surface area (Å²) in [5, 5.41) is 8.67. The standard InChI is InChI=1S/C12H22N2O3/c1-3-13(9-6-11(15)16)10(2)12(17)14-7-4-5-8-14/h10H,3-9H2,1-2H3,(H,15,16). The molecule has 1 aliphatic rings. The Morgan fingerprint density at radius 2 is 1.94 bits per heavy atom. The van der Waals surface area contributed by atoms with Crippen LogP contribution in [-0.4, -0.2) is 59.0 Å². The Morgan fingerprint density at radius 1 is 1.35 bits per heavy atom. The number of amides is 1. The summed E-state index contributed by atoms with van der Waals surface area (Å²) < 4.78 is 0. The molecular weight excluding hydrogens is 220 g/mol. The van der Waals surface area contributed by atoms with Crippen LogP contribution in [0.25, 0.3) is 0 Å². The van der Waals surface area contributed by atoms with Crippen molar-refractivity contribution in [2.24, 2.45) is 0 Å². The summed E-state index contributed by atoms with van der Waals surface area (Å²) in [4.78, 5) is 26.5. The molecule has 1 rings (SSSR count). The molecule has 17 heavy (non-hydrogen) atoms. The van der Waals surface area contributed by atoms with Crippen molar-refractivity contribution in [1.29, 1.82) is 0 Å². The van der Waals surface area contributed by atoms with Crippen LogP contribution in [0.5, 0.6) is 0 Å².